The minimum Gasteiger partial charge on any atom is -0.458 e. The Balaban J connectivity index is 1.41. The molecule has 6 rings (SSSR count). The maximum Gasteiger partial charge on any atom is 0.418 e. The van der Waals surface area contributed by atoms with Gasteiger partial charge in [-0.25, -0.2) is 9.18 Å². The summed E-state index contributed by atoms with van der Waals surface area (Å²) in [5, 5.41) is 22.3. The Hall–Kier alpha value is -5.17. The number of hydrogen-bond donors (Lipinski definition) is 1. The molecule has 0 bridgehead atoms. The number of nitrogens with zero attached hydrogens (tertiary/aromatic N) is 5. The zero-order valence-electron chi connectivity index (χ0n) is 26.8. The second-order valence-corrected chi connectivity index (χ2v) is 13.2. The van der Waals surface area contributed by atoms with Gasteiger partial charge in [0, 0.05) is 36.1 Å². The number of esters is 1. The lowest BCUT2D eigenvalue weighted by Gasteiger charge is -2.39. The van der Waals surface area contributed by atoms with Crippen LogP contribution >= 0.6 is 11.6 Å². The normalized spacial score (nSPS) is 16.8. The van der Waals surface area contributed by atoms with Gasteiger partial charge < -0.3 is 23.5 Å². The Kier molecular flexibility index (Phi) is 8.50. The first-order valence-corrected chi connectivity index (χ1v) is 15.7. The number of fused-ring (bicyclic) bond motifs is 2. The molecule has 1 N–H and O–H groups in total. The molecule has 2 atom stereocenters. The van der Waals surface area contributed by atoms with Crippen LogP contribution in [-0.2, 0) is 20.8 Å². The predicted octanol–water partition coefficient (Wildman–Crippen LogP) is 6.79. The van der Waals surface area contributed by atoms with Crippen LogP contribution in [0.1, 0.15) is 45.7 Å². The van der Waals surface area contributed by atoms with E-state index in [0.29, 0.717) is 40.2 Å². The zero-order chi connectivity index (χ0) is 34.5. The molecule has 12 nitrogen and oxygen atoms in total. The molecule has 1 aliphatic heterocycles. The van der Waals surface area contributed by atoms with E-state index in [1.165, 1.54) is 41.8 Å². The van der Waals surface area contributed by atoms with Gasteiger partial charge in [0.25, 0.3) is 5.69 Å². The fourth-order valence-corrected chi connectivity index (χ4v) is 6.60. The van der Waals surface area contributed by atoms with Crippen LogP contribution in [0, 0.1) is 21.3 Å². The first kappa shape index (κ1) is 32.8. The van der Waals surface area contributed by atoms with Crippen LogP contribution in [0.2, 0.25) is 5.02 Å². The van der Waals surface area contributed by atoms with Crippen LogP contribution in [0.25, 0.3) is 21.9 Å². The minimum absolute atomic E-state index is 0.0449. The van der Waals surface area contributed by atoms with Gasteiger partial charge in [0.05, 0.1) is 40.6 Å². The number of nitro benzene ring substituents is 1. The number of imidazole rings is 1. The van der Waals surface area contributed by atoms with E-state index in [1.807, 2.05) is 24.3 Å². The van der Waals surface area contributed by atoms with Crippen molar-refractivity contribution in [1.82, 2.24) is 13.7 Å². The highest BCUT2D eigenvalue weighted by Gasteiger charge is 2.37. The Morgan fingerprint density at radius 2 is 1.85 bits per heavy atom. The van der Waals surface area contributed by atoms with Crippen LogP contribution in [0.4, 0.5) is 20.6 Å². The first-order chi connectivity index (χ1) is 22.7. The lowest BCUT2D eigenvalue weighted by atomic mass is 10.00. The quantitative estimate of drug-likeness (QED) is 0.119. The summed E-state index contributed by atoms with van der Waals surface area (Å²) in [5.74, 6) is -1.06. The average Bonchev–Trinajstić information content (AvgIpc) is 3.55. The van der Waals surface area contributed by atoms with Gasteiger partial charge in [-0.2, -0.15) is 0 Å². The maximum absolute atomic E-state index is 14.8. The van der Waals surface area contributed by atoms with Crippen LogP contribution in [0.5, 0.6) is 0 Å². The molecule has 1 saturated heterocycles. The number of nitro groups is 1. The molecular formula is C34H34ClFN6O6. The largest absolute Gasteiger partial charge is 0.458 e. The van der Waals surface area contributed by atoms with E-state index < -0.39 is 40.5 Å². The van der Waals surface area contributed by atoms with Gasteiger partial charge >= 0.3 is 12.1 Å². The number of ether oxygens (including phenoxy) is 2. The summed E-state index contributed by atoms with van der Waals surface area (Å²) in [5.41, 5.74) is 1.99. The Morgan fingerprint density at radius 3 is 2.56 bits per heavy atom. The number of carbonyl (C=O) groups is 2. The molecule has 3 heterocycles. The SMILES string of the molecule is CC(=O)O[C@H]1CN(c2cc(Cl)ccc2[N+](=O)[O-])CC[C@@H]1n1c(=N)n(Cc2cccc3c2ccn3C(=O)OC(C)(C)C)c2ccc(F)cc21. The van der Waals surface area contributed by atoms with Gasteiger partial charge in [0.1, 0.15) is 23.2 Å². The number of aromatic nitrogens is 3. The molecule has 0 spiro atoms. The molecule has 0 radical (unpaired) electrons. The third kappa shape index (κ3) is 6.25. The summed E-state index contributed by atoms with van der Waals surface area (Å²) in [6.07, 6.45) is 0.621. The Labute approximate surface area is 279 Å². The number of halogens is 2. The summed E-state index contributed by atoms with van der Waals surface area (Å²) in [7, 11) is 0. The third-order valence-electron chi connectivity index (χ3n) is 8.36. The molecule has 1 fully saturated rings. The molecule has 2 aromatic heterocycles. The van der Waals surface area contributed by atoms with Gasteiger partial charge in [-0.15, -0.1) is 0 Å². The van der Waals surface area contributed by atoms with Crippen molar-refractivity contribution in [3.05, 3.63) is 99.0 Å². The molecule has 3 aromatic carbocycles. The van der Waals surface area contributed by atoms with Crippen molar-refractivity contribution in [1.29, 1.82) is 5.41 Å². The van der Waals surface area contributed by atoms with Crippen molar-refractivity contribution in [3.8, 4) is 0 Å². The molecule has 0 unspecified atom stereocenters. The van der Waals surface area contributed by atoms with Crippen molar-refractivity contribution in [2.45, 2.75) is 58.4 Å². The molecule has 14 heteroatoms. The van der Waals surface area contributed by atoms with E-state index in [0.717, 1.165) is 10.9 Å². The standard InChI is InChI=1S/C34H34ClFN6O6/c1-20(43)47-31-19-38(29-16-22(35)8-10-27(29)42(45)46)14-13-28(31)41-30-17-23(36)9-11-26(30)40(32(41)37)18-21-6-5-7-25-24(21)12-15-39(25)33(44)48-34(2,3)4/h5-12,15-17,28,31,37H,13-14,18-19H2,1-4H3/t28-,31-/m0/s1. The van der Waals surface area contributed by atoms with Crippen molar-refractivity contribution in [2.24, 2.45) is 0 Å². The molecule has 1 aliphatic rings. The van der Waals surface area contributed by atoms with Gasteiger partial charge in [-0.05, 0) is 75.2 Å². The van der Waals surface area contributed by atoms with Crippen LogP contribution < -0.4 is 10.5 Å². The molecule has 48 heavy (non-hydrogen) atoms. The minimum atomic E-state index is -0.836. The predicted molar refractivity (Wildman–Crippen MR) is 178 cm³/mol. The summed E-state index contributed by atoms with van der Waals surface area (Å²) < 4.78 is 31.0. The van der Waals surface area contributed by atoms with Crippen molar-refractivity contribution < 1.29 is 28.4 Å². The van der Waals surface area contributed by atoms with Gasteiger partial charge in [-0.1, -0.05) is 23.7 Å². The number of anilines is 1. The molecule has 0 aliphatic carbocycles. The highest BCUT2D eigenvalue weighted by atomic mass is 35.5. The van der Waals surface area contributed by atoms with Crippen LogP contribution in [-0.4, -0.2) is 55.5 Å². The van der Waals surface area contributed by atoms with E-state index in [2.05, 4.69) is 0 Å². The first-order valence-electron chi connectivity index (χ1n) is 15.3. The molecule has 0 amide bonds. The van der Waals surface area contributed by atoms with Gasteiger partial charge in [0.15, 0.2) is 0 Å². The lowest BCUT2D eigenvalue weighted by Crippen LogP contribution is -2.49. The highest BCUT2D eigenvalue weighted by molar-refractivity contribution is 6.31. The lowest BCUT2D eigenvalue weighted by molar-refractivity contribution is -0.384. The van der Waals surface area contributed by atoms with E-state index in [1.54, 1.807) is 47.1 Å². The maximum atomic E-state index is 14.8. The molecular weight excluding hydrogens is 643 g/mol. The summed E-state index contributed by atoms with van der Waals surface area (Å²) in [6, 6.07) is 15.3. The second-order valence-electron chi connectivity index (χ2n) is 12.8. The summed E-state index contributed by atoms with van der Waals surface area (Å²) in [6.45, 7) is 7.28. The van der Waals surface area contributed by atoms with Crippen molar-refractivity contribution in [3.63, 3.8) is 0 Å². The van der Waals surface area contributed by atoms with Gasteiger partial charge in [0.2, 0.25) is 5.62 Å². The fraction of sp³-hybridized carbons (Fsp3) is 0.324. The number of rotatable bonds is 6. The van der Waals surface area contributed by atoms with Crippen LogP contribution in [0.3, 0.4) is 0 Å². The van der Waals surface area contributed by atoms with E-state index in [4.69, 9.17) is 21.1 Å². The number of nitrogens with one attached hydrogen (secondary N) is 1. The molecule has 5 aromatic rings. The summed E-state index contributed by atoms with van der Waals surface area (Å²) in [4.78, 5) is 38.3. The zero-order valence-corrected chi connectivity index (χ0v) is 27.5. The van der Waals surface area contributed by atoms with E-state index in [9.17, 15) is 29.5 Å². The van der Waals surface area contributed by atoms with Crippen molar-refractivity contribution >= 4 is 57.0 Å². The number of hydrogen-bond acceptors (Lipinski definition) is 8. The van der Waals surface area contributed by atoms with Crippen LogP contribution in [0.15, 0.2) is 66.9 Å². The third-order valence-corrected chi connectivity index (χ3v) is 8.60. The highest BCUT2D eigenvalue weighted by Crippen LogP contribution is 2.37. The Morgan fingerprint density at radius 1 is 1.08 bits per heavy atom. The fourth-order valence-electron chi connectivity index (χ4n) is 6.43. The topological polar surface area (TPSA) is 138 Å². The van der Waals surface area contributed by atoms with Gasteiger partial charge in [-0.3, -0.25) is 24.9 Å². The number of benzene rings is 3. The monoisotopic (exact) mass is 676 g/mol. The molecule has 250 valence electrons. The second kappa shape index (κ2) is 12.5. The molecule has 0 saturated carbocycles. The van der Waals surface area contributed by atoms with Crippen molar-refractivity contribution in [2.75, 3.05) is 18.0 Å². The number of piperidine rings is 1. The average molecular weight is 677 g/mol. The number of carbonyl (C=O) groups excluding carboxylic acids is 2. The van der Waals surface area contributed by atoms with E-state index in [-0.39, 0.29) is 24.4 Å². The van der Waals surface area contributed by atoms with E-state index >= 15 is 0 Å². The Bertz CT molecular complexity index is 2150. The smallest absolute Gasteiger partial charge is 0.418 e. The summed E-state index contributed by atoms with van der Waals surface area (Å²) >= 11 is 6.21.